The van der Waals surface area contributed by atoms with E-state index in [1.807, 2.05) is 11.9 Å². The number of likely N-dealkylation sites (tertiary alicyclic amines) is 1. The fourth-order valence-corrected chi connectivity index (χ4v) is 1.93. The van der Waals surface area contributed by atoms with Crippen molar-refractivity contribution in [3.63, 3.8) is 0 Å². The van der Waals surface area contributed by atoms with Crippen molar-refractivity contribution in [2.75, 3.05) is 26.7 Å². The van der Waals surface area contributed by atoms with Crippen LogP contribution in [0.5, 0.6) is 0 Å². The standard InChI is InChI=1S/C11H22N2O/c1-9(2)11(3)5-6-13(8-11)10(14)7-12-4/h9,12H,5-8H2,1-4H3/t11-/m0/s1. The zero-order valence-corrected chi connectivity index (χ0v) is 9.76. The van der Waals surface area contributed by atoms with E-state index in [0.29, 0.717) is 17.9 Å². The number of amides is 1. The van der Waals surface area contributed by atoms with Crippen LogP contribution in [0.15, 0.2) is 0 Å². The third-order valence-corrected chi connectivity index (χ3v) is 3.58. The SMILES string of the molecule is CNCC(=O)N1CC[C@](C)(C(C)C)C1. The lowest BCUT2D eigenvalue weighted by atomic mass is 9.78. The number of rotatable bonds is 3. The Morgan fingerprint density at radius 2 is 2.21 bits per heavy atom. The largest absolute Gasteiger partial charge is 0.341 e. The smallest absolute Gasteiger partial charge is 0.236 e. The molecule has 1 N–H and O–H groups in total. The third kappa shape index (κ3) is 2.27. The molecule has 0 bridgehead atoms. The normalized spacial score (nSPS) is 27.4. The Balaban J connectivity index is 2.52. The predicted octanol–water partition coefficient (Wildman–Crippen LogP) is 1.10. The molecule has 1 atom stereocenters. The number of nitrogens with one attached hydrogen (secondary N) is 1. The highest BCUT2D eigenvalue weighted by Crippen LogP contribution is 2.36. The van der Waals surface area contributed by atoms with Crippen LogP contribution in [0.2, 0.25) is 0 Å². The van der Waals surface area contributed by atoms with Crippen molar-refractivity contribution < 1.29 is 4.79 Å². The third-order valence-electron chi connectivity index (χ3n) is 3.58. The monoisotopic (exact) mass is 198 g/mol. The van der Waals surface area contributed by atoms with E-state index < -0.39 is 0 Å². The minimum Gasteiger partial charge on any atom is -0.341 e. The summed E-state index contributed by atoms with van der Waals surface area (Å²) in [7, 11) is 1.82. The molecule has 3 nitrogen and oxygen atoms in total. The first-order valence-electron chi connectivity index (χ1n) is 5.42. The van der Waals surface area contributed by atoms with E-state index in [-0.39, 0.29) is 5.91 Å². The van der Waals surface area contributed by atoms with Gasteiger partial charge >= 0.3 is 0 Å². The van der Waals surface area contributed by atoms with E-state index in [0.717, 1.165) is 19.5 Å². The van der Waals surface area contributed by atoms with Crippen LogP contribution in [-0.2, 0) is 4.79 Å². The average molecular weight is 198 g/mol. The second-order valence-corrected chi connectivity index (χ2v) is 4.90. The molecule has 82 valence electrons. The Labute approximate surface area is 86.9 Å². The van der Waals surface area contributed by atoms with Gasteiger partial charge in [-0.15, -0.1) is 0 Å². The van der Waals surface area contributed by atoms with Gasteiger partial charge in [0.1, 0.15) is 0 Å². The predicted molar refractivity (Wildman–Crippen MR) is 58.1 cm³/mol. The van der Waals surface area contributed by atoms with Crippen LogP contribution >= 0.6 is 0 Å². The summed E-state index contributed by atoms with van der Waals surface area (Å²) in [6.07, 6.45) is 1.14. The molecule has 1 fully saturated rings. The second kappa shape index (κ2) is 4.30. The van der Waals surface area contributed by atoms with E-state index in [9.17, 15) is 4.79 Å². The Kier molecular flexibility index (Phi) is 3.53. The Bertz CT molecular complexity index is 215. The van der Waals surface area contributed by atoms with Crippen LogP contribution in [0.4, 0.5) is 0 Å². The van der Waals surface area contributed by atoms with Gasteiger partial charge in [0.05, 0.1) is 6.54 Å². The van der Waals surface area contributed by atoms with Crippen LogP contribution in [0.25, 0.3) is 0 Å². The first-order chi connectivity index (χ1) is 6.49. The van der Waals surface area contributed by atoms with E-state index in [1.165, 1.54) is 0 Å². The van der Waals surface area contributed by atoms with Gasteiger partial charge in [-0.25, -0.2) is 0 Å². The first kappa shape index (κ1) is 11.5. The summed E-state index contributed by atoms with van der Waals surface area (Å²) in [5.41, 5.74) is 0.323. The minimum absolute atomic E-state index is 0.233. The summed E-state index contributed by atoms with van der Waals surface area (Å²) in [5, 5.41) is 2.91. The van der Waals surface area contributed by atoms with Gasteiger partial charge in [0.25, 0.3) is 0 Å². The number of hydrogen-bond donors (Lipinski definition) is 1. The summed E-state index contributed by atoms with van der Waals surface area (Å²) in [6, 6.07) is 0. The van der Waals surface area contributed by atoms with Gasteiger partial charge in [-0.2, -0.15) is 0 Å². The Morgan fingerprint density at radius 1 is 1.57 bits per heavy atom. The maximum absolute atomic E-state index is 11.6. The van der Waals surface area contributed by atoms with Crippen molar-refractivity contribution in [1.29, 1.82) is 0 Å². The van der Waals surface area contributed by atoms with Crippen molar-refractivity contribution in [2.24, 2.45) is 11.3 Å². The molecule has 0 saturated carbocycles. The van der Waals surface area contributed by atoms with E-state index >= 15 is 0 Å². The molecule has 0 aromatic rings. The maximum atomic E-state index is 11.6. The number of carbonyl (C=O) groups excluding carboxylic acids is 1. The van der Waals surface area contributed by atoms with Crippen molar-refractivity contribution in [3.8, 4) is 0 Å². The van der Waals surface area contributed by atoms with Gasteiger partial charge in [0.15, 0.2) is 0 Å². The van der Waals surface area contributed by atoms with Crippen LogP contribution in [0.1, 0.15) is 27.2 Å². The maximum Gasteiger partial charge on any atom is 0.236 e. The number of likely N-dealkylation sites (N-methyl/N-ethyl adjacent to an activating group) is 1. The van der Waals surface area contributed by atoms with Crippen LogP contribution in [0, 0.1) is 11.3 Å². The lowest BCUT2D eigenvalue weighted by molar-refractivity contribution is -0.129. The molecule has 0 aromatic heterocycles. The number of carbonyl (C=O) groups is 1. The number of nitrogens with zero attached hydrogens (tertiary/aromatic N) is 1. The molecule has 0 aromatic carbocycles. The van der Waals surface area contributed by atoms with Gasteiger partial charge in [-0.1, -0.05) is 20.8 Å². The molecule has 1 heterocycles. The molecule has 1 aliphatic heterocycles. The van der Waals surface area contributed by atoms with Crippen LogP contribution in [0.3, 0.4) is 0 Å². The fourth-order valence-electron chi connectivity index (χ4n) is 1.93. The quantitative estimate of drug-likeness (QED) is 0.736. The van der Waals surface area contributed by atoms with Gasteiger partial charge in [-0.3, -0.25) is 4.79 Å². The molecular formula is C11H22N2O. The topological polar surface area (TPSA) is 32.3 Å². The molecule has 0 spiro atoms. The molecular weight excluding hydrogens is 176 g/mol. The Morgan fingerprint density at radius 3 is 2.64 bits per heavy atom. The second-order valence-electron chi connectivity index (χ2n) is 4.90. The lowest BCUT2D eigenvalue weighted by Crippen LogP contribution is -2.37. The summed E-state index contributed by atoms with van der Waals surface area (Å²) >= 11 is 0. The van der Waals surface area contributed by atoms with Gasteiger partial charge in [0.2, 0.25) is 5.91 Å². The molecule has 0 aliphatic carbocycles. The van der Waals surface area contributed by atoms with Gasteiger partial charge < -0.3 is 10.2 Å². The van der Waals surface area contributed by atoms with Gasteiger partial charge in [-0.05, 0) is 24.8 Å². The highest BCUT2D eigenvalue weighted by atomic mass is 16.2. The summed E-state index contributed by atoms with van der Waals surface area (Å²) in [6.45, 7) is 9.08. The Hall–Kier alpha value is -0.570. The molecule has 0 radical (unpaired) electrons. The molecule has 1 amide bonds. The number of hydrogen-bond acceptors (Lipinski definition) is 2. The molecule has 1 rings (SSSR count). The molecule has 0 unspecified atom stereocenters. The average Bonchev–Trinajstić information content (AvgIpc) is 2.50. The van der Waals surface area contributed by atoms with Crippen molar-refractivity contribution in [2.45, 2.75) is 27.2 Å². The van der Waals surface area contributed by atoms with Crippen LogP contribution < -0.4 is 5.32 Å². The summed E-state index contributed by atoms with van der Waals surface area (Å²) in [5.74, 6) is 0.881. The van der Waals surface area contributed by atoms with Crippen molar-refractivity contribution >= 4 is 5.91 Å². The highest BCUT2D eigenvalue weighted by Gasteiger charge is 2.37. The fraction of sp³-hybridized carbons (Fsp3) is 0.909. The first-order valence-corrected chi connectivity index (χ1v) is 5.42. The zero-order chi connectivity index (χ0) is 10.8. The van der Waals surface area contributed by atoms with E-state index in [1.54, 1.807) is 0 Å². The molecule has 1 saturated heterocycles. The van der Waals surface area contributed by atoms with E-state index in [4.69, 9.17) is 0 Å². The zero-order valence-electron chi connectivity index (χ0n) is 9.76. The van der Waals surface area contributed by atoms with Crippen molar-refractivity contribution in [3.05, 3.63) is 0 Å². The summed E-state index contributed by atoms with van der Waals surface area (Å²) in [4.78, 5) is 13.6. The molecule has 14 heavy (non-hydrogen) atoms. The minimum atomic E-state index is 0.233. The van der Waals surface area contributed by atoms with E-state index in [2.05, 4.69) is 26.1 Å². The summed E-state index contributed by atoms with van der Waals surface area (Å²) < 4.78 is 0. The van der Waals surface area contributed by atoms with Crippen molar-refractivity contribution in [1.82, 2.24) is 10.2 Å². The highest BCUT2D eigenvalue weighted by molar-refractivity contribution is 5.78. The van der Waals surface area contributed by atoms with Gasteiger partial charge in [0, 0.05) is 13.1 Å². The lowest BCUT2D eigenvalue weighted by Gasteiger charge is -2.28. The molecule has 1 aliphatic rings. The molecule has 3 heteroatoms. The van der Waals surface area contributed by atoms with Crippen LogP contribution in [-0.4, -0.2) is 37.5 Å².